The third-order valence-corrected chi connectivity index (χ3v) is 4.30. The molecule has 0 saturated heterocycles. The average Bonchev–Trinajstić information content (AvgIpc) is 2.73. The maximum Gasteiger partial charge on any atom is 0.416 e. The first-order chi connectivity index (χ1) is 15.1. The van der Waals surface area contributed by atoms with Crippen LogP contribution in [0, 0.1) is 0 Å². The fourth-order valence-corrected chi connectivity index (χ4v) is 2.83. The van der Waals surface area contributed by atoms with Gasteiger partial charge in [0, 0.05) is 12.2 Å². The van der Waals surface area contributed by atoms with Crippen molar-refractivity contribution in [1.82, 2.24) is 4.90 Å². The molecule has 10 heteroatoms. The number of nitrogens with one attached hydrogen (secondary N) is 1. The van der Waals surface area contributed by atoms with Crippen molar-refractivity contribution in [3.05, 3.63) is 65.2 Å². The molecule has 0 unspecified atom stereocenters. The lowest BCUT2D eigenvalue weighted by Crippen LogP contribution is -2.37. The van der Waals surface area contributed by atoms with Crippen LogP contribution in [-0.2, 0) is 31.8 Å². The van der Waals surface area contributed by atoms with Gasteiger partial charge in [0.1, 0.15) is 0 Å². The first-order valence-corrected chi connectivity index (χ1v) is 9.64. The van der Waals surface area contributed by atoms with Crippen molar-refractivity contribution in [2.75, 3.05) is 32.1 Å². The highest BCUT2D eigenvalue weighted by molar-refractivity contribution is 5.94. The summed E-state index contributed by atoms with van der Waals surface area (Å²) in [5, 5.41) is 2.64. The Balaban J connectivity index is 2.06. The Morgan fingerprint density at radius 3 is 2.12 bits per heavy atom. The van der Waals surface area contributed by atoms with E-state index in [0.717, 1.165) is 12.1 Å². The van der Waals surface area contributed by atoms with E-state index in [-0.39, 0.29) is 26.2 Å². The van der Waals surface area contributed by atoms with Crippen LogP contribution in [0.25, 0.3) is 0 Å². The monoisotopic (exact) mass is 452 g/mol. The summed E-state index contributed by atoms with van der Waals surface area (Å²) in [6.07, 6.45) is -4.45. The van der Waals surface area contributed by atoms with Crippen LogP contribution in [0.15, 0.2) is 48.5 Å². The second kappa shape index (κ2) is 11.3. The van der Waals surface area contributed by atoms with Gasteiger partial charge in [-0.15, -0.1) is 0 Å². The zero-order valence-electron chi connectivity index (χ0n) is 17.6. The lowest BCUT2D eigenvalue weighted by Gasteiger charge is -2.21. The standard InChI is InChI=1S/C22H23F3N2O5/c1-3-32-20(29)14-27(12-15-4-8-17(9-5-15)22(23,24)25)13-19(28)26-18-10-6-16(7-11-18)21(30)31-2/h4-11H,3,12-14H2,1-2H3,(H,26,28). The number of esters is 2. The molecule has 0 saturated carbocycles. The molecule has 0 atom stereocenters. The van der Waals surface area contributed by atoms with Crippen LogP contribution >= 0.6 is 0 Å². The number of amides is 1. The lowest BCUT2D eigenvalue weighted by molar-refractivity contribution is -0.144. The van der Waals surface area contributed by atoms with E-state index in [1.165, 1.54) is 48.4 Å². The number of halogens is 3. The molecule has 0 radical (unpaired) electrons. The third-order valence-electron chi connectivity index (χ3n) is 4.30. The molecule has 2 rings (SSSR count). The fourth-order valence-electron chi connectivity index (χ4n) is 2.83. The van der Waals surface area contributed by atoms with Gasteiger partial charge in [0.2, 0.25) is 5.91 Å². The van der Waals surface area contributed by atoms with Crippen molar-refractivity contribution in [2.45, 2.75) is 19.6 Å². The second-order valence-electron chi connectivity index (χ2n) is 6.76. The smallest absolute Gasteiger partial charge is 0.416 e. The number of anilines is 1. The summed E-state index contributed by atoms with van der Waals surface area (Å²) >= 11 is 0. The minimum Gasteiger partial charge on any atom is -0.465 e. The number of ether oxygens (including phenoxy) is 2. The molecule has 7 nitrogen and oxygen atoms in total. The van der Waals surface area contributed by atoms with Crippen molar-refractivity contribution >= 4 is 23.5 Å². The lowest BCUT2D eigenvalue weighted by atomic mass is 10.1. The highest BCUT2D eigenvalue weighted by Crippen LogP contribution is 2.29. The van der Waals surface area contributed by atoms with Crippen LogP contribution < -0.4 is 5.32 Å². The molecule has 2 aromatic carbocycles. The maximum absolute atomic E-state index is 12.8. The van der Waals surface area contributed by atoms with Gasteiger partial charge in [-0.1, -0.05) is 12.1 Å². The molecule has 172 valence electrons. The van der Waals surface area contributed by atoms with Gasteiger partial charge < -0.3 is 14.8 Å². The summed E-state index contributed by atoms with van der Waals surface area (Å²) in [6, 6.07) is 10.5. The molecule has 0 bridgehead atoms. The van der Waals surface area contributed by atoms with E-state index in [4.69, 9.17) is 4.74 Å². The molecule has 0 heterocycles. The molecule has 0 spiro atoms. The minimum atomic E-state index is -4.45. The molecular formula is C22H23F3N2O5. The van der Waals surface area contributed by atoms with E-state index in [2.05, 4.69) is 10.1 Å². The number of benzene rings is 2. The fraction of sp³-hybridized carbons (Fsp3) is 0.318. The number of methoxy groups -OCH3 is 1. The summed E-state index contributed by atoms with van der Waals surface area (Å²) in [7, 11) is 1.26. The number of nitrogens with zero attached hydrogens (tertiary/aromatic N) is 1. The number of hydrogen-bond donors (Lipinski definition) is 1. The third kappa shape index (κ3) is 7.69. The van der Waals surface area contributed by atoms with Crippen LogP contribution in [0.3, 0.4) is 0 Å². The second-order valence-corrected chi connectivity index (χ2v) is 6.76. The van der Waals surface area contributed by atoms with Crippen molar-refractivity contribution in [2.24, 2.45) is 0 Å². The summed E-state index contributed by atoms with van der Waals surface area (Å²) < 4.78 is 47.8. The predicted molar refractivity (Wildman–Crippen MR) is 110 cm³/mol. The predicted octanol–water partition coefficient (Wildman–Crippen LogP) is 3.50. The van der Waals surface area contributed by atoms with Crippen LogP contribution in [0.2, 0.25) is 0 Å². The molecule has 1 N–H and O–H groups in total. The van der Waals surface area contributed by atoms with E-state index in [9.17, 15) is 27.6 Å². The van der Waals surface area contributed by atoms with E-state index in [1.54, 1.807) is 6.92 Å². The topological polar surface area (TPSA) is 84.9 Å². The van der Waals surface area contributed by atoms with E-state index in [1.807, 2.05) is 0 Å². The zero-order chi connectivity index (χ0) is 23.7. The van der Waals surface area contributed by atoms with Crippen molar-refractivity contribution < 1.29 is 37.0 Å². The highest BCUT2D eigenvalue weighted by Gasteiger charge is 2.30. The largest absolute Gasteiger partial charge is 0.465 e. The Kier molecular flexibility index (Phi) is 8.77. The molecule has 0 aromatic heterocycles. The highest BCUT2D eigenvalue weighted by atomic mass is 19.4. The molecule has 1 amide bonds. The number of carbonyl (C=O) groups excluding carboxylic acids is 3. The number of carbonyl (C=O) groups is 3. The Morgan fingerprint density at radius 1 is 0.969 bits per heavy atom. The average molecular weight is 452 g/mol. The molecular weight excluding hydrogens is 429 g/mol. The Hall–Kier alpha value is -3.40. The van der Waals surface area contributed by atoms with E-state index >= 15 is 0 Å². The van der Waals surface area contributed by atoms with Crippen LogP contribution in [0.1, 0.15) is 28.4 Å². The number of rotatable bonds is 9. The van der Waals surface area contributed by atoms with Gasteiger partial charge in [0.25, 0.3) is 0 Å². The van der Waals surface area contributed by atoms with Crippen LogP contribution in [0.4, 0.5) is 18.9 Å². The Labute approximate surface area is 183 Å². The summed E-state index contributed by atoms with van der Waals surface area (Å²) in [4.78, 5) is 37.3. The zero-order valence-corrected chi connectivity index (χ0v) is 17.6. The van der Waals surface area contributed by atoms with Crippen LogP contribution in [-0.4, -0.2) is 49.6 Å². The van der Waals surface area contributed by atoms with Crippen molar-refractivity contribution in [1.29, 1.82) is 0 Å². The molecule has 0 fully saturated rings. The Morgan fingerprint density at radius 2 is 1.59 bits per heavy atom. The summed E-state index contributed by atoms with van der Waals surface area (Å²) in [5.74, 6) is -1.53. The van der Waals surface area contributed by atoms with Gasteiger partial charge in [-0.25, -0.2) is 4.79 Å². The molecule has 0 aliphatic carbocycles. The van der Waals surface area contributed by atoms with Gasteiger partial charge >= 0.3 is 18.1 Å². The molecule has 0 aliphatic rings. The maximum atomic E-state index is 12.8. The molecule has 32 heavy (non-hydrogen) atoms. The van der Waals surface area contributed by atoms with Crippen molar-refractivity contribution in [3.8, 4) is 0 Å². The van der Waals surface area contributed by atoms with Gasteiger partial charge in [-0.2, -0.15) is 13.2 Å². The normalized spacial score (nSPS) is 11.2. The minimum absolute atomic E-state index is 0.0612. The summed E-state index contributed by atoms with van der Waals surface area (Å²) in [6.45, 7) is 1.43. The Bertz CT molecular complexity index is 928. The quantitative estimate of drug-likeness (QED) is 0.587. The molecule has 0 aliphatic heterocycles. The first kappa shape index (κ1) is 24.9. The molecule has 2 aromatic rings. The SMILES string of the molecule is CCOC(=O)CN(CC(=O)Nc1ccc(C(=O)OC)cc1)Cc1ccc(C(F)(F)F)cc1. The van der Waals surface area contributed by atoms with Gasteiger partial charge in [-0.05, 0) is 48.9 Å². The van der Waals surface area contributed by atoms with Gasteiger partial charge in [0.05, 0.1) is 37.9 Å². The van der Waals surface area contributed by atoms with E-state index < -0.39 is 29.6 Å². The van der Waals surface area contributed by atoms with Gasteiger partial charge in [-0.3, -0.25) is 14.5 Å². The summed E-state index contributed by atoms with van der Waals surface area (Å²) in [5.41, 5.74) is 0.453. The van der Waals surface area contributed by atoms with Crippen molar-refractivity contribution in [3.63, 3.8) is 0 Å². The number of alkyl halides is 3. The number of hydrogen-bond acceptors (Lipinski definition) is 6. The van der Waals surface area contributed by atoms with Crippen LogP contribution in [0.5, 0.6) is 0 Å². The van der Waals surface area contributed by atoms with E-state index in [0.29, 0.717) is 16.8 Å². The van der Waals surface area contributed by atoms with Gasteiger partial charge in [0.15, 0.2) is 0 Å². The first-order valence-electron chi connectivity index (χ1n) is 9.64.